The lowest BCUT2D eigenvalue weighted by Gasteiger charge is -2.16. The fourth-order valence-electron chi connectivity index (χ4n) is 1.81. The summed E-state index contributed by atoms with van der Waals surface area (Å²) in [5.74, 6) is 0.147. The molecule has 0 aliphatic heterocycles. The first-order valence-corrected chi connectivity index (χ1v) is 6.66. The normalized spacial score (nSPS) is 12.3. The summed E-state index contributed by atoms with van der Waals surface area (Å²) in [6.45, 7) is 0. The van der Waals surface area contributed by atoms with Crippen molar-refractivity contribution in [2.45, 2.75) is 6.10 Å². The fraction of sp³-hybridized carbons (Fsp3) is 0.143. The van der Waals surface area contributed by atoms with Crippen LogP contribution in [0, 0.1) is 5.82 Å². The molecule has 2 nitrogen and oxygen atoms in total. The first kappa shape index (κ1) is 14.3. The zero-order valence-electron chi connectivity index (χ0n) is 10.0. The number of halogens is 3. The molecule has 0 fully saturated rings. The second-order valence-corrected chi connectivity index (χ2v) is 5.25. The van der Waals surface area contributed by atoms with E-state index in [9.17, 15) is 9.50 Å². The van der Waals surface area contributed by atoms with E-state index in [0.717, 1.165) is 0 Å². The Morgan fingerprint density at radius 2 is 1.95 bits per heavy atom. The molecule has 0 bridgehead atoms. The van der Waals surface area contributed by atoms with Gasteiger partial charge in [0.1, 0.15) is 17.7 Å². The highest BCUT2D eigenvalue weighted by atomic mass is 79.9. The van der Waals surface area contributed by atoms with Crippen molar-refractivity contribution in [3.05, 3.63) is 62.8 Å². The molecule has 2 rings (SSSR count). The summed E-state index contributed by atoms with van der Waals surface area (Å²) in [5, 5.41) is 10.9. The highest BCUT2D eigenvalue weighted by molar-refractivity contribution is 9.10. The summed E-state index contributed by atoms with van der Waals surface area (Å²) in [7, 11) is 1.51. The Balaban J connectivity index is 2.49. The Hall–Kier alpha value is -1.10. The van der Waals surface area contributed by atoms with Gasteiger partial charge in [0.05, 0.1) is 7.11 Å². The molecule has 0 saturated heterocycles. The molecule has 1 atom stereocenters. The van der Waals surface area contributed by atoms with Crippen LogP contribution in [0.1, 0.15) is 17.2 Å². The third kappa shape index (κ3) is 3.08. The largest absolute Gasteiger partial charge is 0.496 e. The summed E-state index contributed by atoms with van der Waals surface area (Å²) in [6, 6.07) is 9.09. The van der Waals surface area contributed by atoms with Crippen LogP contribution in [0.25, 0.3) is 0 Å². The Labute approximate surface area is 123 Å². The van der Waals surface area contributed by atoms with Crippen LogP contribution >= 0.6 is 27.5 Å². The molecule has 0 heterocycles. The molecule has 0 aliphatic rings. The molecule has 5 heteroatoms. The summed E-state index contributed by atoms with van der Waals surface area (Å²) in [5.41, 5.74) is 1.07. The predicted octanol–water partition coefficient (Wildman–Crippen LogP) is 4.33. The zero-order valence-corrected chi connectivity index (χ0v) is 12.4. The number of hydrogen-bond donors (Lipinski definition) is 1. The van der Waals surface area contributed by atoms with Gasteiger partial charge >= 0.3 is 0 Å². The number of aliphatic hydroxyl groups is 1. The van der Waals surface area contributed by atoms with Crippen LogP contribution in [0.15, 0.2) is 40.9 Å². The van der Waals surface area contributed by atoms with Gasteiger partial charge in [0.15, 0.2) is 0 Å². The van der Waals surface area contributed by atoms with Crippen molar-refractivity contribution in [3.63, 3.8) is 0 Å². The van der Waals surface area contributed by atoms with E-state index in [2.05, 4.69) is 15.9 Å². The van der Waals surface area contributed by atoms with E-state index in [1.165, 1.54) is 25.3 Å². The van der Waals surface area contributed by atoms with Gasteiger partial charge in [-0.25, -0.2) is 4.39 Å². The second-order valence-electron chi connectivity index (χ2n) is 3.95. The van der Waals surface area contributed by atoms with Crippen molar-refractivity contribution >= 4 is 27.5 Å². The van der Waals surface area contributed by atoms with Gasteiger partial charge in [0.25, 0.3) is 0 Å². The van der Waals surface area contributed by atoms with Crippen LogP contribution in [0.5, 0.6) is 5.75 Å². The van der Waals surface area contributed by atoms with E-state index in [-0.39, 0.29) is 5.82 Å². The van der Waals surface area contributed by atoms with E-state index in [1.807, 2.05) is 0 Å². The van der Waals surface area contributed by atoms with Crippen molar-refractivity contribution in [1.82, 2.24) is 0 Å². The van der Waals surface area contributed by atoms with Crippen LogP contribution < -0.4 is 4.74 Å². The molecule has 1 unspecified atom stereocenters. The van der Waals surface area contributed by atoms with E-state index in [4.69, 9.17) is 16.3 Å². The molecule has 0 amide bonds. The highest BCUT2D eigenvalue weighted by Gasteiger charge is 2.18. The Morgan fingerprint density at radius 1 is 1.21 bits per heavy atom. The van der Waals surface area contributed by atoms with E-state index < -0.39 is 6.10 Å². The van der Waals surface area contributed by atoms with Crippen molar-refractivity contribution in [1.29, 1.82) is 0 Å². The Bertz CT molecular complexity index is 604. The van der Waals surface area contributed by atoms with Crippen LogP contribution in [-0.4, -0.2) is 12.2 Å². The zero-order chi connectivity index (χ0) is 14.0. The maximum atomic E-state index is 13.1. The van der Waals surface area contributed by atoms with Gasteiger partial charge in [-0.15, -0.1) is 0 Å². The molecule has 0 aliphatic carbocycles. The van der Waals surface area contributed by atoms with Crippen LogP contribution in [0.2, 0.25) is 5.02 Å². The maximum Gasteiger partial charge on any atom is 0.125 e. The lowest BCUT2D eigenvalue weighted by molar-refractivity contribution is 0.214. The van der Waals surface area contributed by atoms with Crippen molar-refractivity contribution < 1.29 is 14.2 Å². The number of aliphatic hydroxyl groups excluding tert-OH is 1. The van der Waals surface area contributed by atoms with Gasteiger partial charge in [-0.3, -0.25) is 0 Å². The number of rotatable bonds is 3. The standard InChI is InChI=1S/C14H11BrClFO2/c1-19-13-5-2-8(16)6-11(13)14(18)10-4-3-9(17)7-12(10)15/h2-7,14,18H,1H3. The summed E-state index contributed by atoms with van der Waals surface area (Å²) in [4.78, 5) is 0. The third-order valence-electron chi connectivity index (χ3n) is 2.74. The quantitative estimate of drug-likeness (QED) is 0.897. The molecule has 0 aromatic heterocycles. The molecular formula is C14H11BrClFO2. The minimum absolute atomic E-state index is 0.374. The van der Waals surface area contributed by atoms with Crippen LogP contribution in [0.4, 0.5) is 4.39 Å². The lowest BCUT2D eigenvalue weighted by atomic mass is 10.0. The van der Waals surface area contributed by atoms with Gasteiger partial charge in [-0.1, -0.05) is 33.6 Å². The van der Waals surface area contributed by atoms with E-state index in [1.54, 1.807) is 18.2 Å². The molecule has 0 saturated carbocycles. The molecule has 19 heavy (non-hydrogen) atoms. The average molecular weight is 346 g/mol. The Morgan fingerprint density at radius 3 is 2.58 bits per heavy atom. The number of benzene rings is 2. The number of methoxy groups -OCH3 is 1. The van der Waals surface area contributed by atoms with E-state index in [0.29, 0.717) is 26.4 Å². The molecule has 0 spiro atoms. The van der Waals surface area contributed by atoms with Gasteiger partial charge in [0.2, 0.25) is 0 Å². The monoisotopic (exact) mass is 344 g/mol. The lowest BCUT2D eigenvalue weighted by Crippen LogP contribution is -2.03. The number of hydrogen-bond acceptors (Lipinski definition) is 2. The topological polar surface area (TPSA) is 29.5 Å². The van der Waals surface area contributed by atoms with Crippen molar-refractivity contribution in [2.24, 2.45) is 0 Å². The van der Waals surface area contributed by atoms with Gasteiger partial charge in [-0.2, -0.15) is 0 Å². The molecule has 2 aromatic carbocycles. The second kappa shape index (κ2) is 5.90. The smallest absolute Gasteiger partial charge is 0.125 e. The number of ether oxygens (including phenoxy) is 1. The molecular weight excluding hydrogens is 335 g/mol. The average Bonchev–Trinajstić information content (AvgIpc) is 2.38. The SMILES string of the molecule is COc1ccc(Cl)cc1C(O)c1ccc(F)cc1Br. The fourth-order valence-corrected chi connectivity index (χ4v) is 2.56. The summed E-state index contributed by atoms with van der Waals surface area (Å²) >= 11 is 9.17. The van der Waals surface area contributed by atoms with E-state index >= 15 is 0 Å². The first-order chi connectivity index (χ1) is 9.02. The molecule has 2 aromatic rings. The summed E-state index contributed by atoms with van der Waals surface area (Å²) < 4.78 is 18.8. The van der Waals surface area contributed by atoms with Gasteiger partial charge in [-0.05, 0) is 35.9 Å². The van der Waals surface area contributed by atoms with Crippen molar-refractivity contribution in [3.8, 4) is 5.75 Å². The first-order valence-electron chi connectivity index (χ1n) is 5.49. The third-order valence-corrected chi connectivity index (χ3v) is 3.67. The summed E-state index contributed by atoms with van der Waals surface area (Å²) in [6.07, 6.45) is -0.955. The van der Waals surface area contributed by atoms with Crippen molar-refractivity contribution in [2.75, 3.05) is 7.11 Å². The molecule has 1 N–H and O–H groups in total. The van der Waals surface area contributed by atoms with Crippen LogP contribution in [0.3, 0.4) is 0 Å². The van der Waals surface area contributed by atoms with Gasteiger partial charge in [0, 0.05) is 15.1 Å². The maximum absolute atomic E-state index is 13.1. The molecule has 0 radical (unpaired) electrons. The minimum Gasteiger partial charge on any atom is -0.496 e. The van der Waals surface area contributed by atoms with Gasteiger partial charge < -0.3 is 9.84 Å². The molecule has 100 valence electrons. The Kier molecular flexibility index (Phi) is 4.45. The minimum atomic E-state index is -0.955. The predicted molar refractivity (Wildman–Crippen MR) is 76.2 cm³/mol. The van der Waals surface area contributed by atoms with Crippen LogP contribution in [-0.2, 0) is 0 Å². The highest BCUT2D eigenvalue weighted by Crippen LogP contribution is 2.35.